The number of hydrogen-bond donors (Lipinski definition) is 3. The lowest BCUT2D eigenvalue weighted by Crippen LogP contribution is -2.58. The summed E-state index contributed by atoms with van der Waals surface area (Å²) in [6.45, 7) is 12.9. The zero-order chi connectivity index (χ0) is 46.1. The van der Waals surface area contributed by atoms with Crippen molar-refractivity contribution in [3.05, 3.63) is 47.5 Å². The molecule has 338 valence electrons. The number of carbonyl (C=O) groups excluding carboxylic acids is 7. The van der Waals surface area contributed by atoms with Crippen LogP contribution in [0.25, 0.3) is 0 Å². The van der Waals surface area contributed by atoms with E-state index >= 15 is 0 Å². The molecule has 15 nitrogen and oxygen atoms in total. The molecule has 0 fully saturated rings. The molecule has 0 saturated carbocycles. The molecule has 1 aromatic rings. The average molecular weight is 852 g/mol. The summed E-state index contributed by atoms with van der Waals surface area (Å²) in [5.41, 5.74) is 0.846. The minimum Gasteiger partial charge on any atom is -0.460 e. The molecule has 1 heterocycles. The summed E-state index contributed by atoms with van der Waals surface area (Å²) in [7, 11) is 4.29. The predicted molar refractivity (Wildman–Crippen MR) is 231 cm³/mol. The Labute approximate surface area is 362 Å². The van der Waals surface area contributed by atoms with Gasteiger partial charge in [0.15, 0.2) is 6.10 Å². The van der Waals surface area contributed by atoms with E-state index in [4.69, 9.17) is 15.9 Å². The molecule has 0 aliphatic carbocycles. The highest BCUT2D eigenvalue weighted by molar-refractivity contribution is 5.96. The number of aliphatic hydroxyl groups excluding tert-OH is 1. The zero-order valence-corrected chi connectivity index (χ0v) is 37.9. The van der Waals surface area contributed by atoms with Gasteiger partial charge in [-0.1, -0.05) is 77.4 Å². The molecule has 2 rings (SSSR count). The summed E-state index contributed by atoms with van der Waals surface area (Å²) < 4.78 is 11.7. The number of ether oxygens (including phenoxy) is 2. The third kappa shape index (κ3) is 15.0. The summed E-state index contributed by atoms with van der Waals surface area (Å²) in [5, 5.41) is 16.5. The van der Waals surface area contributed by atoms with E-state index in [9.17, 15) is 38.7 Å². The van der Waals surface area contributed by atoms with Gasteiger partial charge in [0.05, 0.1) is 12.6 Å². The van der Waals surface area contributed by atoms with Crippen LogP contribution in [0, 0.1) is 30.1 Å². The maximum Gasteiger partial charge on any atom is 0.334 e. The van der Waals surface area contributed by atoms with Gasteiger partial charge in [-0.15, -0.1) is 12.3 Å². The molecule has 0 saturated heterocycles. The lowest BCUT2D eigenvalue weighted by molar-refractivity contribution is -0.162. The lowest BCUT2D eigenvalue weighted by Gasteiger charge is -2.34. The molecule has 61 heavy (non-hydrogen) atoms. The van der Waals surface area contributed by atoms with Crippen LogP contribution in [0.3, 0.4) is 0 Å². The van der Waals surface area contributed by atoms with Crippen LogP contribution >= 0.6 is 0 Å². The van der Waals surface area contributed by atoms with Crippen LogP contribution < -0.4 is 10.6 Å². The molecule has 1 aliphatic heterocycles. The normalized spacial score (nSPS) is 26.6. The van der Waals surface area contributed by atoms with E-state index in [1.807, 2.05) is 19.9 Å². The van der Waals surface area contributed by atoms with Crippen LogP contribution in [0.5, 0.6) is 0 Å². The Kier molecular flexibility index (Phi) is 21.2. The summed E-state index contributed by atoms with van der Waals surface area (Å²) in [6, 6.07) is 4.54. The Hall–Kier alpha value is -5.23. The second kappa shape index (κ2) is 24.9. The topological polar surface area (TPSA) is 192 Å². The monoisotopic (exact) mass is 852 g/mol. The van der Waals surface area contributed by atoms with Crippen molar-refractivity contribution in [1.29, 1.82) is 0 Å². The van der Waals surface area contributed by atoms with E-state index in [0.717, 1.165) is 5.56 Å². The lowest BCUT2D eigenvalue weighted by atomic mass is 9.91. The Bertz CT molecular complexity index is 1740. The number of aliphatic hydroxyl groups is 1. The first-order valence-corrected chi connectivity index (χ1v) is 21.3. The van der Waals surface area contributed by atoms with Crippen molar-refractivity contribution in [1.82, 2.24) is 25.3 Å². The molecular weight excluding hydrogens is 783 g/mol. The molecule has 0 radical (unpaired) electrons. The highest BCUT2D eigenvalue weighted by atomic mass is 16.6. The van der Waals surface area contributed by atoms with Crippen molar-refractivity contribution < 1.29 is 48.1 Å². The molecule has 3 N–H and O–H groups in total. The third-order valence-electron chi connectivity index (χ3n) is 11.8. The maximum atomic E-state index is 14.2. The third-order valence-corrected chi connectivity index (χ3v) is 11.8. The quantitative estimate of drug-likeness (QED) is 0.169. The largest absolute Gasteiger partial charge is 0.460 e. The Morgan fingerprint density at radius 2 is 1.49 bits per heavy atom. The highest BCUT2D eigenvalue weighted by Crippen LogP contribution is 2.24. The van der Waals surface area contributed by atoms with E-state index in [1.165, 1.54) is 62.7 Å². The van der Waals surface area contributed by atoms with E-state index < -0.39 is 102 Å². The van der Waals surface area contributed by atoms with Gasteiger partial charge < -0.3 is 39.9 Å². The summed E-state index contributed by atoms with van der Waals surface area (Å²) in [6.07, 6.45) is 6.01. The number of cyclic esters (lactones) is 2. The van der Waals surface area contributed by atoms with Gasteiger partial charge in [-0.2, -0.15) is 0 Å². The van der Waals surface area contributed by atoms with Crippen LogP contribution in [0.4, 0.5) is 0 Å². The molecular formula is C46H69N5O10. The number of esters is 2. The minimum atomic E-state index is -1.29. The van der Waals surface area contributed by atoms with E-state index in [2.05, 4.69) is 16.6 Å². The molecule has 1 aliphatic rings. The van der Waals surface area contributed by atoms with Crippen LogP contribution in [0.15, 0.2) is 42.0 Å². The SMILES string of the molecule is C#CCCC[C@@H](O)[C@H](C)[C@H]1C/C=C(\C)C(=O)O[C@@H]([C@H](C)CC)C(=O)N[C@@H](C)C(=O)N(C)[C@H](Cc2ccccc2)C(=O)N(C)CC(=O)N[C@H]([C@@H](C)CC)C(=O)N(C)[C@H](C)C(=O)O1. The van der Waals surface area contributed by atoms with Crippen molar-refractivity contribution in [2.45, 2.75) is 143 Å². The Balaban J connectivity index is 2.68. The van der Waals surface area contributed by atoms with Crippen LogP contribution in [0.2, 0.25) is 0 Å². The number of nitrogens with zero attached hydrogens (tertiary/aromatic N) is 3. The number of carbonyl (C=O) groups is 7. The van der Waals surface area contributed by atoms with Crippen molar-refractivity contribution in [2.75, 3.05) is 27.7 Å². The van der Waals surface area contributed by atoms with Crippen LogP contribution in [-0.4, -0.2) is 131 Å². The van der Waals surface area contributed by atoms with Crippen molar-refractivity contribution in [2.24, 2.45) is 17.8 Å². The minimum absolute atomic E-state index is 0.0234. The van der Waals surface area contributed by atoms with Gasteiger partial charge in [0, 0.05) is 57.8 Å². The Morgan fingerprint density at radius 1 is 0.869 bits per heavy atom. The predicted octanol–water partition coefficient (Wildman–Crippen LogP) is 3.42. The van der Waals surface area contributed by atoms with Crippen LogP contribution in [-0.2, 0) is 49.5 Å². The highest BCUT2D eigenvalue weighted by Gasteiger charge is 2.38. The molecule has 0 unspecified atom stereocenters. The number of terminal acetylenes is 1. The first kappa shape index (κ1) is 51.9. The number of unbranched alkanes of at least 4 members (excludes halogenated alkanes) is 1. The van der Waals surface area contributed by atoms with Gasteiger partial charge in [0.1, 0.15) is 30.3 Å². The number of benzene rings is 1. The van der Waals surface area contributed by atoms with Gasteiger partial charge in [-0.25, -0.2) is 9.59 Å². The van der Waals surface area contributed by atoms with Gasteiger partial charge in [-0.3, -0.25) is 24.0 Å². The molecule has 0 aromatic heterocycles. The molecule has 15 heteroatoms. The fourth-order valence-electron chi connectivity index (χ4n) is 6.83. The number of rotatable bonds is 11. The first-order chi connectivity index (χ1) is 28.7. The summed E-state index contributed by atoms with van der Waals surface area (Å²) in [4.78, 5) is 101. The fraction of sp³-hybridized carbons (Fsp3) is 0.630. The maximum absolute atomic E-state index is 14.2. The summed E-state index contributed by atoms with van der Waals surface area (Å²) in [5.74, 6) is -3.61. The molecule has 0 bridgehead atoms. The van der Waals surface area contributed by atoms with Gasteiger partial charge in [0.2, 0.25) is 23.6 Å². The smallest absolute Gasteiger partial charge is 0.334 e. The number of likely N-dealkylation sites (N-methyl/N-ethyl adjacent to an activating group) is 3. The van der Waals surface area contributed by atoms with Gasteiger partial charge in [-0.05, 0) is 51.5 Å². The second-order valence-electron chi connectivity index (χ2n) is 16.5. The number of nitrogens with one attached hydrogen (secondary N) is 2. The zero-order valence-electron chi connectivity index (χ0n) is 37.9. The second-order valence-corrected chi connectivity index (χ2v) is 16.5. The molecule has 10 atom stereocenters. The van der Waals surface area contributed by atoms with Crippen molar-refractivity contribution in [3.8, 4) is 12.3 Å². The van der Waals surface area contributed by atoms with E-state index in [0.29, 0.717) is 32.1 Å². The van der Waals surface area contributed by atoms with Crippen molar-refractivity contribution >= 4 is 41.5 Å². The number of amides is 5. The number of hydrogen-bond acceptors (Lipinski definition) is 10. The van der Waals surface area contributed by atoms with Crippen molar-refractivity contribution in [3.63, 3.8) is 0 Å². The van der Waals surface area contributed by atoms with Gasteiger partial charge >= 0.3 is 11.9 Å². The summed E-state index contributed by atoms with van der Waals surface area (Å²) >= 11 is 0. The van der Waals surface area contributed by atoms with E-state index in [-0.39, 0.29) is 24.3 Å². The van der Waals surface area contributed by atoms with E-state index in [1.54, 1.807) is 45.0 Å². The Morgan fingerprint density at radius 3 is 2.08 bits per heavy atom. The molecule has 0 spiro atoms. The first-order valence-electron chi connectivity index (χ1n) is 21.3. The van der Waals surface area contributed by atoms with Crippen LogP contribution in [0.1, 0.15) is 99.5 Å². The molecule has 1 aromatic carbocycles. The molecule has 5 amide bonds. The fourth-order valence-corrected chi connectivity index (χ4v) is 6.83. The van der Waals surface area contributed by atoms with Gasteiger partial charge in [0.25, 0.3) is 5.91 Å². The average Bonchev–Trinajstić information content (AvgIpc) is 3.25. The standard InChI is InChI=1S/C46H69N5O10/c1-13-16-18-23-36(52)31(7)37-25-24-30(6)45(58)61-40(29(5)15-3)41(54)47-32(8)42(55)51(12)35(26-34-21-19-17-20-22-34)43(56)49(10)27-38(53)48-39(28(4)14-2)44(57)50(11)33(9)46(59)60-37/h1,17,19-22,24,28-29,31-33,35-37,39-40,52H,14-16,18,23,25-27H2,2-12H3,(H,47,54)(H,48,53)/b30-24+/t28-,29+,31-,32-,33+,35+,36+,37+,39+,40-/m0/s1.